The lowest BCUT2D eigenvalue weighted by atomic mass is 9.90. The third-order valence-corrected chi connectivity index (χ3v) is 5.24. The molecule has 0 aliphatic heterocycles. The normalized spacial score (nSPS) is 14.4. The molecule has 0 saturated carbocycles. The zero-order valence-corrected chi connectivity index (χ0v) is 13.7. The molecule has 114 valence electrons. The van der Waals surface area contributed by atoms with Crippen LogP contribution in [0.4, 0.5) is 0 Å². The van der Waals surface area contributed by atoms with Crippen molar-refractivity contribution in [3.05, 3.63) is 45.7 Å². The maximum absolute atomic E-state index is 4.71. The molecule has 5 heteroatoms. The van der Waals surface area contributed by atoms with Crippen LogP contribution in [0.3, 0.4) is 0 Å². The molecule has 0 atom stereocenters. The number of aromatic nitrogens is 4. The summed E-state index contributed by atoms with van der Waals surface area (Å²) in [5, 5.41) is 14.3. The van der Waals surface area contributed by atoms with E-state index in [4.69, 9.17) is 5.10 Å². The highest BCUT2D eigenvalue weighted by atomic mass is 32.1. The van der Waals surface area contributed by atoms with Crippen LogP contribution in [0.15, 0.2) is 18.2 Å². The second-order valence-corrected chi connectivity index (χ2v) is 7.08. The van der Waals surface area contributed by atoms with Crippen LogP contribution in [-0.2, 0) is 25.7 Å². The van der Waals surface area contributed by atoms with E-state index in [0.717, 1.165) is 35.1 Å². The van der Waals surface area contributed by atoms with Crippen LogP contribution in [0.25, 0.3) is 4.96 Å². The Labute approximate surface area is 134 Å². The van der Waals surface area contributed by atoms with Gasteiger partial charge in [-0.2, -0.15) is 9.61 Å². The molecule has 0 saturated heterocycles. The number of aryl methyl sites for hydroxylation is 3. The molecule has 2 heterocycles. The Balaban J connectivity index is 1.60. The van der Waals surface area contributed by atoms with E-state index >= 15 is 0 Å². The first kappa shape index (κ1) is 13.9. The Kier molecular flexibility index (Phi) is 3.66. The van der Waals surface area contributed by atoms with Crippen LogP contribution in [0, 0.1) is 0 Å². The smallest absolute Gasteiger partial charge is 0.187 e. The van der Waals surface area contributed by atoms with E-state index in [0.29, 0.717) is 0 Å². The van der Waals surface area contributed by atoms with Gasteiger partial charge < -0.3 is 0 Å². The van der Waals surface area contributed by atoms with Crippen LogP contribution in [0.2, 0.25) is 0 Å². The number of fused-ring (bicyclic) bond motifs is 2. The molecular weight excluding hydrogens is 292 g/mol. The Hall–Kier alpha value is -1.75. The van der Waals surface area contributed by atoms with Crippen molar-refractivity contribution in [2.75, 3.05) is 0 Å². The van der Waals surface area contributed by atoms with Gasteiger partial charge in [-0.15, -0.1) is 10.2 Å². The molecular formula is C17H20N4S. The molecule has 0 radical (unpaired) electrons. The van der Waals surface area contributed by atoms with Gasteiger partial charge in [0.15, 0.2) is 5.82 Å². The summed E-state index contributed by atoms with van der Waals surface area (Å²) in [4.78, 5) is 0.913. The number of rotatable bonds is 4. The molecule has 0 spiro atoms. The van der Waals surface area contributed by atoms with Gasteiger partial charge in [-0.1, -0.05) is 36.5 Å². The Morgan fingerprint density at radius 3 is 2.86 bits per heavy atom. The Bertz CT molecular complexity index is 802. The zero-order chi connectivity index (χ0) is 14.9. The summed E-state index contributed by atoms with van der Waals surface area (Å²) in [6.45, 7) is 2.15. The zero-order valence-electron chi connectivity index (χ0n) is 12.9. The van der Waals surface area contributed by atoms with E-state index in [9.17, 15) is 0 Å². The van der Waals surface area contributed by atoms with Crippen LogP contribution in [-0.4, -0.2) is 19.8 Å². The lowest BCUT2D eigenvalue weighted by molar-refractivity contribution is 0.684. The molecule has 0 amide bonds. The van der Waals surface area contributed by atoms with E-state index < -0.39 is 0 Å². The van der Waals surface area contributed by atoms with Crippen molar-refractivity contribution in [2.45, 2.75) is 51.9 Å². The van der Waals surface area contributed by atoms with Crippen LogP contribution < -0.4 is 0 Å². The van der Waals surface area contributed by atoms with Crippen molar-refractivity contribution >= 4 is 16.3 Å². The van der Waals surface area contributed by atoms with E-state index in [1.807, 2.05) is 4.52 Å². The molecule has 0 bridgehead atoms. The van der Waals surface area contributed by atoms with Gasteiger partial charge in [0.1, 0.15) is 5.01 Å². The first-order chi connectivity index (χ1) is 10.8. The van der Waals surface area contributed by atoms with Crippen molar-refractivity contribution in [1.82, 2.24) is 19.8 Å². The summed E-state index contributed by atoms with van der Waals surface area (Å²) in [5.41, 5.74) is 4.44. The van der Waals surface area contributed by atoms with Gasteiger partial charge in [0.05, 0.1) is 0 Å². The standard InChI is InChI=1S/C17H20N4S/c1-2-5-15-18-19-17-21(15)20-16(22-17)11-12-8-9-13-6-3-4-7-14(13)10-12/h8-10H,2-7,11H2,1H3. The molecule has 1 aliphatic rings. The van der Waals surface area contributed by atoms with E-state index in [2.05, 4.69) is 35.3 Å². The summed E-state index contributed by atoms with van der Waals surface area (Å²) in [5.74, 6) is 0.977. The highest BCUT2D eigenvalue weighted by molar-refractivity contribution is 7.16. The van der Waals surface area contributed by atoms with Gasteiger partial charge >= 0.3 is 0 Å². The fourth-order valence-electron chi connectivity index (χ4n) is 3.22. The second kappa shape index (κ2) is 5.80. The minimum Gasteiger partial charge on any atom is -0.187 e. The number of hydrogen-bond donors (Lipinski definition) is 0. The topological polar surface area (TPSA) is 43.1 Å². The molecule has 2 aromatic heterocycles. The SMILES string of the molecule is CCCc1nnc2sc(Cc3ccc4c(c3)CCCC4)nn12. The van der Waals surface area contributed by atoms with Crippen LogP contribution in [0.5, 0.6) is 0 Å². The number of hydrogen-bond acceptors (Lipinski definition) is 4. The summed E-state index contributed by atoms with van der Waals surface area (Å²) < 4.78 is 1.92. The minimum absolute atomic E-state index is 0.896. The summed E-state index contributed by atoms with van der Waals surface area (Å²) in [6, 6.07) is 6.95. The van der Waals surface area contributed by atoms with Gasteiger partial charge in [0.25, 0.3) is 0 Å². The summed E-state index contributed by atoms with van der Waals surface area (Å²) >= 11 is 1.65. The minimum atomic E-state index is 0.896. The van der Waals surface area contributed by atoms with Crippen molar-refractivity contribution in [2.24, 2.45) is 0 Å². The monoisotopic (exact) mass is 312 g/mol. The summed E-state index contributed by atoms with van der Waals surface area (Å²) in [6.07, 6.45) is 8.03. The number of nitrogens with zero attached hydrogens (tertiary/aromatic N) is 4. The molecule has 4 nitrogen and oxygen atoms in total. The van der Waals surface area contributed by atoms with Crippen molar-refractivity contribution in [3.63, 3.8) is 0 Å². The van der Waals surface area contributed by atoms with Crippen molar-refractivity contribution in [1.29, 1.82) is 0 Å². The number of benzene rings is 1. The first-order valence-electron chi connectivity index (χ1n) is 8.14. The first-order valence-corrected chi connectivity index (χ1v) is 8.96. The molecule has 4 rings (SSSR count). The van der Waals surface area contributed by atoms with Gasteiger partial charge in [0, 0.05) is 12.8 Å². The average molecular weight is 312 g/mol. The molecule has 0 unspecified atom stereocenters. The molecule has 1 aromatic carbocycles. The van der Waals surface area contributed by atoms with E-state index in [1.165, 1.54) is 31.2 Å². The lowest BCUT2D eigenvalue weighted by Crippen LogP contribution is -2.03. The Morgan fingerprint density at radius 2 is 2.00 bits per heavy atom. The van der Waals surface area contributed by atoms with Gasteiger partial charge in [-0.05, 0) is 48.8 Å². The fourth-order valence-corrected chi connectivity index (χ4v) is 4.11. The van der Waals surface area contributed by atoms with Gasteiger partial charge in [0.2, 0.25) is 4.96 Å². The lowest BCUT2D eigenvalue weighted by Gasteiger charge is -2.16. The fraction of sp³-hybridized carbons (Fsp3) is 0.471. The maximum Gasteiger partial charge on any atom is 0.234 e. The second-order valence-electron chi connectivity index (χ2n) is 6.04. The molecule has 1 aliphatic carbocycles. The average Bonchev–Trinajstić information content (AvgIpc) is 3.09. The van der Waals surface area contributed by atoms with Crippen LogP contribution in [0.1, 0.15) is 53.7 Å². The van der Waals surface area contributed by atoms with Crippen molar-refractivity contribution in [3.8, 4) is 0 Å². The largest absolute Gasteiger partial charge is 0.234 e. The third-order valence-electron chi connectivity index (χ3n) is 4.34. The molecule has 0 fully saturated rings. The van der Waals surface area contributed by atoms with Gasteiger partial charge in [-0.3, -0.25) is 0 Å². The molecule has 3 aromatic rings. The quantitative estimate of drug-likeness (QED) is 0.739. The predicted molar refractivity (Wildman–Crippen MR) is 88.5 cm³/mol. The van der Waals surface area contributed by atoms with E-state index in [1.54, 1.807) is 22.5 Å². The predicted octanol–water partition coefficient (Wildman–Crippen LogP) is 3.61. The van der Waals surface area contributed by atoms with Crippen LogP contribution >= 0.6 is 11.3 Å². The maximum atomic E-state index is 4.71. The van der Waals surface area contributed by atoms with E-state index in [-0.39, 0.29) is 0 Å². The highest BCUT2D eigenvalue weighted by Crippen LogP contribution is 2.24. The van der Waals surface area contributed by atoms with Crippen molar-refractivity contribution < 1.29 is 0 Å². The van der Waals surface area contributed by atoms with Gasteiger partial charge in [-0.25, -0.2) is 0 Å². The highest BCUT2D eigenvalue weighted by Gasteiger charge is 2.13. The third kappa shape index (κ3) is 2.54. The summed E-state index contributed by atoms with van der Waals surface area (Å²) in [7, 11) is 0. The molecule has 22 heavy (non-hydrogen) atoms. The Morgan fingerprint density at radius 1 is 1.14 bits per heavy atom. The molecule has 0 N–H and O–H groups in total.